The second kappa shape index (κ2) is 4.86. The molecule has 3 rings (SSSR count). The molecular formula is C14H11ClN4O. The Morgan fingerprint density at radius 1 is 1.25 bits per heavy atom. The molecular weight excluding hydrogens is 276 g/mol. The van der Waals surface area contributed by atoms with Gasteiger partial charge >= 0.3 is 0 Å². The molecule has 0 saturated carbocycles. The number of imidazole rings is 1. The van der Waals surface area contributed by atoms with Gasteiger partial charge in [-0.3, -0.25) is 10.1 Å². The zero-order valence-corrected chi connectivity index (χ0v) is 11.1. The number of carbonyl (C=O) groups excluding carboxylic acids is 1. The maximum Gasteiger partial charge on any atom is 0.258 e. The minimum atomic E-state index is -0.300. The summed E-state index contributed by atoms with van der Waals surface area (Å²) in [5.41, 5.74) is 8.12. The minimum absolute atomic E-state index is 0.300. The number of hydrogen-bond acceptors (Lipinski definition) is 3. The molecule has 5 nitrogen and oxygen atoms in total. The number of para-hydroxylation sites is 2. The number of halogens is 1. The maximum atomic E-state index is 12.1. The van der Waals surface area contributed by atoms with Crippen molar-refractivity contribution in [2.45, 2.75) is 0 Å². The van der Waals surface area contributed by atoms with Crippen LogP contribution in [0.15, 0.2) is 42.5 Å². The first-order valence-electron chi connectivity index (χ1n) is 5.94. The summed E-state index contributed by atoms with van der Waals surface area (Å²) in [6, 6.07) is 12.3. The molecule has 4 N–H and O–H groups in total. The summed E-state index contributed by atoms with van der Waals surface area (Å²) in [4.78, 5) is 19.4. The lowest BCUT2D eigenvalue weighted by Gasteiger charge is -2.03. The van der Waals surface area contributed by atoms with E-state index in [-0.39, 0.29) is 5.91 Å². The Morgan fingerprint density at radius 3 is 2.80 bits per heavy atom. The number of hydrogen-bond donors (Lipinski definition) is 3. The van der Waals surface area contributed by atoms with Crippen molar-refractivity contribution >= 4 is 40.2 Å². The van der Waals surface area contributed by atoms with Crippen LogP contribution in [-0.2, 0) is 0 Å². The summed E-state index contributed by atoms with van der Waals surface area (Å²) in [6.07, 6.45) is 0. The van der Waals surface area contributed by atoms with Crippen LogP contribution in [0, 0.1) is 0 Å². The Bertz CT molecular complexity index is 764. The largest absolute Gasteiger partial charge is 0.398 e. The van der Waals surface area contributed by atoms with Crippen molar-refractivity contribution in [1.82, 2.24) is 9.97 Å². The third kappa shape index (κ3) is 2.31. The van der Waals surface area contributed by atoms with Gasteiger partial charge < -0.3 is 10.7 Å². The molecule has 0 unspecified atom stereocenters. The van der Waals surface area contributed by atoms with Crippen molar-refractivity contribution in [3.8, 4) is 0 Å². The van der Waals surface area contributed by atoms with Crippen LogP contribution in [0.5, 0.6) is 0 Å². The number of nitrogens with zero attached hydrogens (tertiary/aromatic N) is 1. The normalized spacial score (nSPS) is 10.7. The summed E-state index contributed by atoms with van der Waals surface area (Å²) in [5, 5.41) is 3.04. The van der Waals surface area contributed by atoms with E-state index in [4.69, 9.17) is 17.3 Å². The zero-order chi connectivity index (χ0) is 14.1. The van der Waals surface area contributed by atoms with Crippen LogP contribution in [0.25, 0.3) is 11.0 Å². The van der Waals surface area contributed by atoms with Crippen LogP contribution in [0.1, 0.15) is 10.4 Å². The third-order valence-corrected chi connectivity index (χ3v) is 3.21. The molecule has 0 spiro atoms. The van der Waals surface area contributed by atoms with Gasteiger partial charge in [0.1, 0.15) is 0 Å². The number of anilines is 2. The number of aromatic amines is 1. The highest BCUT2D eigenvalue weighted by Gasteiger charge is 2.10. The molecule has 0 radical (unpaired) electrons. The van der Waals surface area contributed by atoms with Crippen LogP contribution >= 0.6 is 11.6 Å². The van der Waals surface area contributed by atoms with E-state index in [1.54, 1.807) is 12.1 Å². The molecule has 0 atom stereocenters. The maximum absolute atomic E-state index is 12.1. The highest BCUT2D eigenvalue weighted by Crippen LogP contribution is 2.20. The van der Waals surface area contributed by atoms with Crippen molar-refractivity contribution in [2.24, 2.45) is 0 Å². The fourth-order valence-corrected chi connectivity index (χ4v) is 2.04. The number of fused-ring (bicyclic) bond motifs is 1. The first kappa shape index (κ1) is 12.5. The van der Waals surface area contributed by atoms with E-state index in [1.165, 1.54) is 6.07 Å². The predicted octanol–water partition coefficient (Wildman–Crippen LogP) is 3.05. The summed E-state index contributed by atoms with van der Waals surface area (Å²) < 4.78 is 0. The number of nitrogen functional groups attached to an aromatic ring is 1. The highest BCUT2D eigenvalue weighted by atomic mass is 35.5. The number of benzene rings is 2. The number of nitrogens with one attached hydrogen (secondary N) is 2. The molecule has 2 aromatic carbocycles. The van der Waals surface area contributed by atoms with E-state index in [9.17, 15) is 4.79 Å². The molecule has 0 aliphatic carbocycles. The second-order valence-electron chi connectivity index (χ2n) is 4.29. The zero-order valence-electron chi connectivity index (χ0n) is 10.4. The lowest BCUT2D eigenvalue weighted by atomic mass is 10.2. The van der Waals surface area contributed by atoms with Gasteiger partial charge in [-0.25, -0.2) is 4.98 Å². The third-order valence-electron chi connectivity index (χ3n) is 2.88. The Labute approximate surface area is 119 Å². The molecule has 100 valence electrons. The number of aromatic nitrogens is 2. The predicted molar refractivity (Wildman–Crippen MR) is 79.9 cm³/mol. The standard InChI is InChI=1S/C14H11ClN4O/c15-9-7-8(5-6-10(9)16)13(20)19-14-17-11-3-1-2-4-12(11)18-14/h1-7H,16H2,(H2,17,18,19,20). The van der Waals surface area contributed by atoms with E-state index in [0.29, 0.717) is 22.2 Å². The van der Waals surface area contributed by atoms with Crippen LogP contribution in [0.2, 0.25) is 5.02 Å². The van der Waals surface area contributed by atoms with E-state index >= 15 is 0 Å². The van der Waals surface area contributed by atoms with Crippen LogP contribution in [-0.4, -0.2) is 15.9 Å². The molecule has 1 heterocycles. The Balaban J connectivity index is 1.86. The lowest BCUT2D eigenvalue weighted by Crippen LogP contribution is -2.13. The molecule has 0 fully saturated rings. The summed E-state index contributed by atoms with van der Waals surface area (Å²) in [6.45, 7) is 0. The first-order valence-corrected chi connectivity index (χ1v) is 6.32. The van der Waals surface area contributed by atoms with Gasteiger partial charge in [0.25, 0.3) is 5.91 Å². The van der Waals surface area contributed by atoms with Crippen molar-refractivity contribution in [1.29, 1.82) is 0 Å². The number of nitrogens with two attached hydrogens (primary N) is 1. The Kier molecular flexibility index (Phi) is 3.04. The van der Waals surface area contributed by atoms with Gasteiger partial charge in [-0.2, -0.15) is 0 Å². The van der Waals surface area contributed by atoms with E-state index in [2.05, 4.69) is 15.3 Å². The average molecular weight is 287 g/mol. The molecule has 1 amide bonds. The van der Waals surface area contributed by atoms with Gasteiger partial charge in [-0.05, 0) is 30.3 Å². The van der Waals surface area contributed by atoms with E-state index in [1.807, 2.05) is 24.3 Å². The number of rotatable bonds is 2. The van der Waals surface area contributed by atoms with Crippen molar-refractivity contribution in [3.63, 3.8) is 0 Å². The molecule has 0 aliphatic heterocycles. The fraction of sp³-hybridized carbons (Fsp3) is 0. The Morgan fingerprint density at radius 2 is 2.05 bits per heavy atom. The second-order valence-corrected chi connectivity index (χ2v) is 4.70. The topological polar surface area (TPSA) is 83.8 Å². The monoisotopic (exact) mass is 286 g/mol. The van der Waals surface area contributed by atoms with Gasteiger partial charge in [-0.1, -0.05) is 23.7 Å². The summed E-state index contributed by atoms with van der Waals surface area (Å²) in [7, 11) is 0. The SMILES string of the molecule is Nc1ccc(C(=O)Nc2nc3ccccc3[nH]2)cc1Cl. The van der Waals surface area contributed by atoms with Crippen molar-refractivity contribution in [2.75, 3.05) is 11.1 Å². The summed E-state index contributed by atoms with van der Waals surface area (Å²) >= 11 is 5.90. The van der Waals surface area contributed by atoms with Crippen LogP contribution in [0.3, 0.4) is 0 Å². The van der Waals surface area contributed by atoms with Crippen LogP contribution < -0.4 is 11.1 Å². The highest BCUT2D eigenvalue weighted by molar-refractivity contribution is 6.33. The molecule has 0 saturated heterocycles. The van der Waals surface area contributed by atoms with Gasteiger partial charge in [0.2, 0.25) is 5.95 Å². The Hall–Kier alpha value is -2.53. The molecule has 20 heavy (non-hydrogen) atoms. The van der Waals surface area contributed by atoms with Crippen molar-refractivity contribution in [3.05, 3.63) is 53.1 Å². The fourth-order valence-electron chi connectivity index (χ4n) is 1.86. The molecule has 0 bridgehead atoms. The van der Waals surface area contributed by atoms with Crippen LogP contribution in [0.4, 0.5) is 11.6 Å². The van der Waals surface area contributed by atoms with E-state index in [0.717, 1.165) is 11.0 Å². The number of amides is 1. The first-order chi connectivity index (χ1) is 9.63. The minimum Gasteiger partial charge on any atom is -0.398 e. The molecule has 3 aromatic rings. The molecule has 6 heteroatoms. The smallest absolute Gasteiger partial charge is 0.258 e. The van der Waals surface area contributed by atoms with Gasteiger partial charge in [-0.15, -0.1) is 0 Å². The summed E-state index contributed by atoms with van der Waals surface area (Å²) in [5.74, 6) is 0.0927. The number of carbonyl (C=O) groups is 1. The molecule has 0 aliphatic rings. The quantitative estimate of drug-likeness (QED) is 0.633. The van der Waals surface area contributed by atoms with Gasteiger partial charge in [0.05, 0.1) is 21.7 Å². The van der Waals surface area contributed by atoms with Crippen molar-refractivity contribution < 1.29 is 4.79 Å². The van der Waals surface area contributed by atoms with E-state index < -0.39 is 0 Å². The van der Waals surface area contributed by atoms with Gasteiger partial charge in [0, 0.05) is 5.56 Å². The lowest BCUT2D eigenvalue weighted by molar-refractivity contribution is 0.102. The average Bonchev–Trinajstić information content (AvgIpc) is 2.83. The molecule has 1 aromatic heterocycles. The van der Waals surface area contributed by atoms with Gasteiger partial charge in [0.15, 0.2) is 0 Å². The number of H-pyrrole nitrogens is 1.